The molecule has 0 aliphatic rings. The SMILES string of the molecule is CSCC[C@H](NC(=O)c1ccc(C(OCCc2ccccc2)c2cncs2)cc1-c1ccccc1C)C(=O)O.[Li]. The molecule has 9 heteroatoms. The van der Waals surface area contributed by atoms with Crippen molar-refractivity contribution in [3.8, 4) is 11.1 Å². The van der Waals surface area contributed by atoms with Crippen molar-refractivity contribution in [3.63, 3.8) is 0 Å². The minimum Gasteiger partial charge on any atom is -0.480 e. The van der Waals surface area contributed by atoms with Crippen LogP contribution in [0.1, 0.15) is 44.5 Å². The number of hydrogen-bond acceptors (Lipinski definition) is 6. The van der Waals surface area contributed by atoms with Crippen LogP contribution in [0.4, 0.5) is 0 Å². The number of nitrogens with zero attached hydrogens (tertiary/aromatic N) is 1. The minimum absolute atomic E-state index is 0. The Labute approximate surface area is 255 Å². The van der Waals surface area contributed by atoms with Crippen LogP contribution in [0.5, 0.6) is 0 Å². The van der Waals surface area contributed by atoms with Gasteiger partial charge in [0, 0.05) is 30.6 Å². The van der Waals surface area contributed by atoms with Crippen LogP contribution in [-0.4, -0.2) is 65.5 Å². The molecule has 1 aromatic heterocycles. The summed E-state index contributed by atoms with van der Waals surface area (Å²) in [6, 6.07) is 22.8. The van der Waals surface area contributed by atoms with E-state index < -0.39 is 17.9 Å². The first kappa shape index (κ1) is 31.7. The van der Waals surface area contributed by atoms with E-state index in [4.69, 9.17) is 4.74 Å². The van der Waals surface area contributed by atoms with Gasteiger partial charge in [-0.3, -0.25) is 9.78 Å². The average Bonchev–Trinajstić information content (AvgIpc) is 3.48. The van der Waals surface area contributed by atoms with Gasteiger partial charge in [-0.1, -0.05) is 60.7 Å². The molecule has 40 heavy (non-hydrogen) atoms. The van der Waals surface area contributed by atoms with Gasteiger partial charge >= 0.3 is 5.97 Å². The molecule has 1 radical (unpaired) electrons. The van der Waals surface area contributed by atoms with Crippen molar-refractivity contribution in [3.05, 3.63) is 112 Å². The number of aromatic nitrogens is 1. The van der Waals surface area contributed by atoms with E-state index in [-0.39, 0.29) is 25.0 Å². The Morgan fingerprint density at radius 1 is 1.05 bits per heavy atom. The number of carbonyl (C=O) groups excluding carboxylic acids is 1. The topological polar surface area (TPSA) is 88.5 Å². The first-order valence-electron chi connectivity index (χ1n) is 12.7. The van der Waals surface area contributed by atoms with Gasteiger partial charge in [0.2, 0.25) is 0 Å². The third-order valence-electron chi connectivity index (χ3n) is 6.47. The van der Waals surface area contributed by atoms with Gasteiger partial charge in [-0.25, -0.2) is 4.79 Å². The quantitative estimate of drug-likeness (QED) is 0.192. The fraction of sp³-hybridized carbons (Fsp3) is 0.258. The van der Waals surface area contributed by atoms with Gasteiger partial charge in [0.05, 0.1) is 17.0 Å². The van der Waals surface area contributed by atoms with Crippen LogP contribution in [0.25, 0.3) is 11.1 Å². The van der Waals surface area contributed by atoms with Gasteiger partial charge in [-0.2, -0.15) is 11.8 Å². The number of amides is 1. The second-order valence-corrected chi connectivity index (χ2v) is 11.1. The molecular weight excluding hydrogens is 535 g/mol. The van der Waals surface area contributed by atoms with E-state index in [1.807, 2.05) is 74.0 Å². The Morgan fingerprint density at radius 3 is 2.48 bits per heavy atom. The second kappa shape index (κ2) is 15.8. The predicted molar refractivity (Wildman–Crippen MR) is 164 cm³/mol. The number of aliphatic carboxylic acids is 1. The largest absolute Gasteiger partial charge is 0.480 e. The Kier molecular flexibility index (Phi) is 12.5. The molecule has 6 nitrogen and oxygen atoms in total. The second-order valence-electron chi connectivity index (χ2n) is 9.16. The summed E-state index contributed by atoms with van der Waals surface area (Å²) in [6.07, 6.45) is 4.50. The van der Waals surface area contributed by atoms with Gasteiger partial charge in [0.15, 0.2) is 0 Å². The number of nitrogens with one attached hydrogen (secondary N) is 1. The molecule has 0 spiro atoms. The zero-order valence-electron chi connectivity index (χ0n) is 23.0. The number of aryl methyl sites for hydroxylation is 1. The van der Waals surface area contributed by atoms with Crippen molar-refractivity contribution in [2.45, 2.75) is 31.9 Å². The van der Waals surface area contributed by atoms with Gasteiger partial charge in [-0.05, 0) is 71.7 Å². The molecule has 1 unspecified atom stereocenters. The monoisotopic (exact) mass is 567 g/mol. The summed E-state index contributed by atoms with van der Waals surface area (Å²) in [5.41, 5.74) is 6.97. The molecule has 0 aliphatic carbocycles. The van der Waals surface area contributed by atoms with Crippen LogP contribution >= 0.6 is 23.1 Å². The van der Waals surface area contributed by atoms with Crippen LogP contribution in [0.3, 0.4) is 0 Å². The van der Waals surface area contributed by atoms with E-state index in [1.54, 1.807) is 23.3 Å². The molecule has 2 N–H and O–H groups in total. The molecule has 1 amide bonds. The number of carboxylic acid groups (broad SMARTS) is 1. The number of hydrogen-bond donors (Lipinski definition) is 2. The maximum Gasteiger partial charge on any atom is 0.326 e. The van der Waals surface area contributed by atoms with Crippen molar-refractivity contribution in [1.82, 2.24) is 10.3 Å². The van der Waals surface area contributed by atoms with Crippen molar-refractivity contribution in [2.24, 2.45) is 0 Å². The van der Waals surface area contributed by atoms with Gasteiger partial charge < -0.3 is 15.2 Å². The number of carbonyl (C=O) groups is 2. The fourth-order valence-electron chi connectivity index (χ4n) is 4.39. The fourth-order valence-corrected chi connectivity index (χ4v) is 5.55. The van der Waals surface area contributed by atoms with E-state index in [1.165, 1.54) is 16.9 Å². The summed E-state index contributed by atoms with van der Waals surface area (Å²) in [5, 5.41) is 12.4. The summed E-state index contributed by atoms with van der Waals surface area (Å²) in [6.45, 7) is 2.52. The minimum atomic E-state index is -1.04. The molecule has 1 heterocycles. The standard InChI is InChI=1S/C31H32N2O4S2.Li/c1-21-8-6-7-11-24(21)26-18-23(12-13-25(26)30(34)33-27(31(35)36)15-17-38-2)29(28-19-32-20-39-28)37-16-14-22-9-4-3-5-10-22;/h3-13,18-20,27,29H,14-17H2,1-2H3,(H,33,34)(H,35,36);/t27-,29?;/m0./s1. The maximum absolute atomic E-state index is 13.4. The number of ether oxygens (including phenoxy) is 1. The number of benzene rings is 3. The van der Waals surface area contributed by atoms with E-state index in [9.17, 15) is 14.7 Å². The molecule has 0 saturated carbocycles. The van der Waals surface area contributed by atoms with E-state index >= 15 is 0 Å². The van der Waals surface area contributed by atoms with Gasteiger partial charge in [0.1, 0.15) is 12.1 Å². The van der Waals surface area contributed by atoms with E-state index in [0.29, 0.717) is 24.3 Å². The zero-order chi connectivity index (χ0) is 27.6. The predicted octanol–water partition coefficient (Wildman–Crippen LogP) is 6.02. The number of carboxylic acids is 1. The first-order valence-corrected chi connectivity index (χ1v) is 15.0. The van der Waals surface area contributed by atoms with E-state index in [2.05, 4.69) is 22.4 Å². The number of thioether (sulfide) groups is 1. The maximum atomic E-state index is 13.4. The smallest absolute Gasteiger partial charge is 0.326 e. The van der Waals surface area contributed by atoms with Crippen molar-refractivity contribution >= 4 is 53.8 Å². The zero-order valence-corrected chi connectivity index (χ0v) is 24.6. The first-order chi connectivity index (χ1) is 19.0. The van der Waals surface area contributed by atoms with Gasteiger partial charge in [-0.15, -0.1) is 11.3 Å². The van der Waals surface area contributed by atoms with Crippen molar-refractivity contribution in [2.75, 3.05) is 18.6 Å². The molecule has 203 valence electrons. The summed E-state index contributed by atoms with van der Waals surface area (Å²) >= 11 is 3.07. The Balaban J connectivity index is 0.00000441. The Hall–Kier alpha value is -2.86. The molecule has 0 aliphatic heterocycles. The van der Waals surface area contributed by atoms with Crippen molar-refractivity contribution in [1.29, 1.82) is 0 Å². The van der Waals surface area contributed by atoms with Crippen molar-refractivity contribution < 1.29 is 19.4 Å². The third kappa shape index (κ3) is 8.32. The number of thiazole rings is 1. The summed E-state index contributed by atoms with van der Waals surface area (Å²) in [4.78, 5) is 30.5. The summed E-state index contributed by atoms with van der Waals surface area (Å²) in [5.74, 6) is -0.811. The van der Waals surface area contributed by atoms with Crippen LogP contribution in [0.15, 0.2) is 84.5 Å². The molecule has 0 saturated heterocycles. The molecule has 2 atom stereocenters. The van der Waals surface area contributed by atoms with Gasteiger partial charge in [0.25, 0.3) is 5.91 Å². The van der Waals surface area contributed by atoms with Crippen LogP contribution < -0.4 is 5.32 Å². The molecule has 4 aromatic rings. The van der Waals surface area contributed by atoms with Crippen LogP contribution in [-0.2, 0) is 16.0 Å². The summed E-state index contributed by atoms with van der Waals surface area (Å²) < 4.78 is 6.43. The van der Waals surface area contributed by atoms with Crippen LogP contribution in [0.2, 0.25) is 0 Å². The average molecular weight is 568 g/mol. The van der Waals surface area contributed by atoms with Crippen LogP contribution in [0, 0.1) is 6.92 Å². The molecule has 0 fully saturated rings. The summed E-state index contributed by atoms with van der Waals surface area (Å²) in [7, 11) is 0. The third-order valence-corrected chi connectivity index (χ3v) is 7.93. The van der Waals surface area contributed by atoms with E-state index in [0.717, 1.165) is 33.6 Å². The Bertz CT molecular complexity index is 1380. The Morgan fingerprint density at radius 2 is 1.80 bits per heavy atom. The molecular formula is C31H32LiN2O4S2. The molecule has 4 rings (SSSR count). The molecule has 0 bridgehead atoms. The normalized spacial score (nSPS) is 12.2. The molecule has 3 aromatic carbocycles. The number of rotatable bonds is 13.